The van der Waals surface area contributed by atoms with E-state index in [9.17, 15) is 0 Å². The normalized spacial score (nSPS) is 20.0. The summed E-state index contributed by atoms with van der Waals surface area (Å²) in [5.74, 6) is 1.82. The zero-order valence-corrected chi connectivity index (χ0v) is 37.1. The molecular formula is C62H43N3O2. The van der Waals surface area contributed by atoms with Crippen LogP contribution in [0.25, 0.3) is 98.8 Å². The lowest BCUT2D eigenvalue weighted by Crippen LogP contribution is -2.20. The van der Waals surface area contributed by atoms with Crippen LogP contribution < -0.4 is 0 Å². The molecule has 2 aliphatic rings. The van der Waals surface area contributed by atoms with Crippen LogP contribution in [0.1, 0.15) is 48.6 Å². The topological polar surface area (TPSA) is 55.9 Å². The van der Waals surface area contributed by atoms with Crippen LogP contribution in [-0.2, 0) is 0 Å². The van der Waals surface area contributed by atoms with Crippen molar-refractivity contribution in [3.05, 3.63) is 216 Å². The van der Waals surface area contributed by atoms with E-state index in [2.05, 4.69) is 207 Å². The Morgan fingerprint density at radius 3 is 2.01 bits per heavy atom. The lowest BCUT2D eigenvalue weighted by Gasteiger charge is -2.27. The molecule has 5 nitrogen and oxygen atoms in total. The highest BCUT2D eigenvalue weighted by atomic mass is 16.3. The Morgan fingerprint density at radius 2 is 1.19 bits per heavy atom. The van der Waals surface area contributed by atoms with Crippen LogP contribution in [0.15, 0.2) is 213 Å². The first-order valence-corrected chi connectivity index (χ1v) is 23.4. The van der Waals surface area contributed by atoms with Crippen molar-refractivity contribution in [2.45, 2.75) is 26.2 Å². The molecule has 9 aromatic carbocycles. The monoisotopic (exact) mass is 861 g/mol. The van der Waals surface area contributed by atoms with Gasteiger partial charge in [0.05, 0.1) is 22.4 Å². The number of aliphatic imine (C=N–C) groups is 2. The standard InChI is InChI=1S/C62H43N3O2/c1-36-26-30-50(42-29-33-56-57(37(42)2)46-21-9-11-24-54(46)66-56)63-62(64-60(36)45-23-13-18-38-14-5-7-19-43(38)45)48-28-32-52(61-59(48)47-22-10-12-25-55(47)67-61)65-51-31-27-39-15-6-8-20-44(39)58(51)49-34-40-16-3-4-17-41(40)35-53(49)65/h3-25,27-37,42H,26H2,1-2H3/b50-30+,63-62-,64-60+. The molecule has 0 spiro atoms. The van der Waals surface area contributed by atoms with E-state index in [1.54, 1.807) is 0 Å². The van der Waals surface area contributed by atoms with E-state index in [0.717, 1.165) is 84.3 Å². The van der Waals surface area contributed by atoms with Crippen LogP contribution in [0, 0.1) is 11.8 Å². The van der Waals surface area contributed by atoms with E-state index in [1.807, 2.05) is 6.07 Å². The largest absolute Gasteiger partial charge is 0.456 e. The number of allylic oxidation sites excluding steroid dienone is 2. The maximum absolute atomic E-state index is 7.13. The second kappa shape index (κ2) is 14.6. The minimum atomic E-state index is 0.00289. The lowest BCUT2D eigenvalue weighted by molar-refractivity contribution is 0.552. The fourth-order valence-electron chi connectivity index (χ4n) is 11.4. The number of aromatic nitrogens is 1. The minimum Gasteiger partial charge on any atom is -0.456 e. The summed E-state index contributed by atoms with van der Waals surface area (Å²) >= 11 is 0. The van der Waals surface area contributed by atoms with Crippen molar-refractivity contribution in [3.8, 4) is 5.69 Å². The summed E-state index contributed by atoms with van der Waals surface area (Å²) in [4.78, 5) is 11.6. The Labute approximate surface area is 386 Å². The van der Waals surface area contributed by atoms with Crippen molar-refractivity contribution in [2.75, 3.05) is 0 Å². The Hall–Kier alpha value is -8.28. The molecule has 3 unspecified atom stereocenters. The number of fused-ring (bicyclic) bond motifs is 13. The van der Waals surface area contributed by atoms with E-state index in [0.29, 0.717) is 5.84 Å². The third kappa shape index (κ3) is 5.74. The first-order valence-electron chi connectivity index (χ1n) is 23.4. The number of para-hydroxylation sites is 2. The van der Waals surface area contributed by atoms with Crippen LogP contribution in [0.4, 0.5) is 0 Å². The molecular weight excluding hydrogens is 819 g/mol. The zero-order valence-electron chi connectivity index (χ0n) is 37.1. The Morgan fingerprint density at radius 1 is 0.522 bits per heavy atom. The molecule has 0 radical (unpaired) electrons. The summed E-state index contributed by atoms with van der Waals surface area (Å²) in [5.41, 5.74) is 11.1. The van der Waals surface area contributed by atoms with E-state index < -0.39 is 0 Å². The van der Waals surface area contributed by atoms with Gasteiger partial charge in [0.25, 0.3) is 0 Å². The van der Waals surface area contributed by atoms with Gasteiger partial charge in [0.2, 0.25) is 0 Å². The maximum atomic E-state index is 7.13. The number of rotatable bonds is 4. The quantitative estimate of drug-likeness (QED) is 0.177. The molecule has 0 bridgehead atoms. The first-order chi connectivity index (χ1) is 33.1. The van der Waals surface area contributed by atoms with Crippen molar-refractivity contribution in [2.24, 2.45) is 21.8 Å². The van der Waals surface area contributed by atoms with Crippen LogP contribution in [0.2, 0.25) is 0 Å². The predicted molar refractivity (Wildman–Crippen MR) is 279 cm³/mol. The molecule has 4 heterocycles. The van der Waals surface area contributed by atoms with Gasteiger partial charge in [-0.1, -0.05) is 159 Å². The molecule has 3 aromatic heterocycles. The van der Waals surface area contributed by atoms with Gasteiger partial charge in [0, 0.05) is 61.2 Å². The third-order valence-corrected chi connectivity index (χ3v) is 14.6. The number of nitrogens with zero attached hydrogens (tertiary/aromatic N) is 3. The first kappa shape index (κ1) is 38.0. The molecule has 5 heteroatoms. The second-order valence-corrected chi connectivity index (χ2v) is 18.4. The van der Waals surface area contributed by atoms with Crippen molar-refractivity contribution >= 4 is 105 Å². The van der Waals surface area contributed by atoms with Crippen LogP contribution in [0.5, 0.6) is 0 Å². The van der Waals surface area contributed by atoms with E-state index >= 15 is 0 Å². The van der Waals surface area contributed by atoms with Crippen LogP contribution in [-0.4, -0.2) is 16.1 Å². The SMILES string of the molecule is CC1C/C=C(C2C=Cc3oc4ccccc4c3C2C)/N=C(c2ccc(-n3c4cc5ccccc5cc4c4c5ccccc5ccc43)c3oc4ccccc4c23)\N=C/1c1cccc2ccccc12. The summed E-state index contributed by atoms with van der Waals surface area (Å²) in [5, 5.41) is 12.8. The fraction of sp³-hybridized carbons (Fsp3) is 0.0968. The highest BCUT2D eigenvalue weighted by molar-refractivity contribution is 6.27. The Balaban J connectivity index is 1.05. The Bertz CT molecular complexity index is 4180. The highest BCUT2D eigenvalue weighted by Crippen LogP contribution is 2.46. The number of furan rings is 2. The molecule has 0 saturated heterocycles. The van der Waals surface area contributed by atoms with E-state index in [-0.39, 0.29) is 17.8 Å². The van der Waals surface area contributed by atoms with E-state index in [1.165, 1.54) is 48.7 Å². The summed E-state index contributed by atoms with van der Waals surface area (Å²) in [6.45, 7) is 4.62. The summed E-state index contributed by atoms with van der Waals surface area (Å²) in [7, 11) is 0. The molecule has 318 valence electrons. The predicted octanol–water partition coefficient (Wildman–Crippen LogP) is 16.5. The number of benzene rings is 9. The second-order valence-electron chi connectivity index (χ2n) is 18.4. The van der Waals surface area contributed by atoms with Crippen LogP contribution >= 0.6 is 0 Å². The van der Waals surface area contributed by atoms with Gasteiger partial charge in [-0.25, -0.2) is 9.98 Å². The van der Waals surface area contributed by atoms with Crippen molar-refractivity contribution in [3.63, 3.8) is 0 Å². The zero-order chi connectivity index (χ0) is 44.3. The van der Waals surface area contributed by atoms with Gasteiger partial charge < -0.3 is 13.4 Å². The van der Waals surface area contributed by atoms with Crippen molar-refractivity contribution in [1.82, 2.24) is 4.57 Å². The van der Waals surface area contributed by atoms with Gasteiger partial charge in [0.1, 0.15) is 16.9 Å². The highest BCUT2D eigenvalue weighted by Gasteiger charge is 2.32. The molecule has 0 saturated carbocycles. The molecule has 0 amide bonds. The molecule has 0 N–H and O–H groups in total. The summed E-state index contributed by atoms with van der Waals surface area (Å²) < 4.78 is 15.9. The molecule has 3 atom stereocenters. The average molecular weight is 862 g/mol. The van der Waals surface area contributed by atoms with E-state index in [4.69, 9.17) is 18.8 Å². The van der Waals surface area contributed by atoms with Crippen molar-refractivity contribution < 1.29 is 8.83 Å². The van der Waals surface area contributed by atoms with Gasteiger partial charge in [-0.05, 0) is 93.2 Å². The van der Waals surface area contributed by atoms with Gasteiger partial charge in [-0.15, -0.1) is 0 Å². The lowest BCUT2D eigenvalue weighted by atomic mass is 9.79. The number of amidine groups is 1. The van der Waals surface area contributed by atoms with Crippen molar-refractivity contribution in [1.29, 1.82) is 0 Å². The van der Waals surface area contributed by atoms with Gasteiger partial charge in [-0.2, -0.15) is 0 Å². The average Bonchev–Trinajstić information content (AvgIpc) is 4.05. The summed E-state index contributed by atoms with van der Waals surface area (Å²) in [6, 6.07) is 63.1. The molecule has 0 fully saturated rings. The molecule has 12 aromatic rings. The molecule has 1 aliphatic carbocycles. The minimum absolute atomic E-state index is 0.00289. The fourth-order valence-corrected chi connectivity index (χ4v) is 11.4. The van der Waals surface area contributed by atoms with Gasteiger partial charge >= 0.3 is 0 Å². The molecule has 67 heavy (non-hydrogen) atoms. The molecule has 14 rings (SSSR count). The smallest absolute Gasteiger partial charge is 0.160 e. The van der Waals surface area contributed by atoms with Gasteiger partial charge in [0.15, 0.2) is 11.4 Å². The third-order valence-electron chi connectivity index (χ3n) is 14.6. The summed E-state index contributed by atoms with van der Waals surface area (Å²) in [6.07, 6.45) is 7.60. The molecule has 1 aliphatic heterocycles. The number of hydrogen-bond acceptors (Lipinski definition) is 4. The Kier molecular flexibility index (Phi) is 8.30. The maximum Gasteiger partial charge on any atom is 0.160 e. The van der Waals surface area contributed by atoms with Crippen LogP contribution in [0.3, 0.4) is 0 Å². The van der Waals surface area contributed by atoms with Gasteiger partial charge in [-0.3, -0.25) is 0 Å². The number of hydrogen-bond donors (Lipinski definition) is 0.